The van der Waals surface area contributed by atoms with Crippen LogP contribution in [0.1, 0.15) is 0 Å². The third-order valence-electron chi connectivity index (χ3n) is 0.298. The molecule has 0 aliphatic heterocycles. The van der Waals surface area contributed by atoms with Crippen LogP contribution in [0.3, 0.4) is 0 Å². The van der Waals surface area contributed by atoms with Crippen LogP contribution >= 0.6 is 8.60 Å². The van der Waals surface area contributed by atoms with Gasteiger partial charge in [0.25, 0.3) is 0 Å². The molecule has 52 valence electrons. The van der Waals surface area contributed by atoms with Gasteiger partial charge in [0.15, 0.2) is 0 Å². The summed E-state index contributed by atoms with van der Waals surface area (Å²) in [6.07, 6.45) is 0. The number of rotatable bonds is 3. The van der Waals surface area contributed by atoms with Gasteiger partial charge in [0.1, 0.15) is 0 Å². The highest BCUT2D eigenvalue weighted by Crippen LogP contribution is 2.22. The summed E-state index contributed by atoms with van der Waals surface area (Å²) in [5.41, 5.74) is 0. The molecular formula is C2H10NO4P. The monoisotopic (exact) mass is 143 g/mol. The lowest BCUT2D eigenvalue weighted by molar-refractivity contribution is 0.181. The molecule has 5 nitrogen and oxygen atoms in total. The fourth-order valence-corrected chi connectivity index (χ4v) is 0.367. The van der Waals surface area contributed by atoms with Gasteiger partial charge < -0.3 is 25.6 Å². The summed E-state index contributed by atoms with van der Waals surface area (Å²) in [4.78, 5) is 15.9. The lowest BCUT2D eigenvalue weighted by Gasteiger charge is -1.97. The van der Waals surface area contributed by atoms with Crippen molar-refractivity contribution >= 4 is 8.60 Å². The molecule has 0 aliphatic carbocycles. The first-order valence-corrected chi connectivity index (χ1v) is 2.85. The van der Waals surface area contributed by atoms with Crippen molar-refractivity contribution < 1.29 is 19.4 Å². The number of aliphatic hydroxyl groups excluding tert-OH is 1. The summed E-state index contributed by atoms with van der Waals surface area (Å²) in [5, 5.41) is 7.98. The van der Waals surface area contributed by atoms with E-state index >= 15 is 0 Å². The van der Waals surface area contributed by atoms with Gasteiger partial charge in [0.2, 0.25) is 0 Å². The second-order valence-corrected chi connectivity index (χ2v) is 1.57. The minimum Gasteiger partial charge on any atom is -0.394 e. The van der Waals surface area contributed by atoms with Crippen LogP contribution in [0, 0.1) is 0 Å². The van der Waals surface area contributed by atoms with E-state index in [9.17, 15) is 0 Å². The number of hydrogen-bond donors (Lipinski definition) is 4. The van der Waals surface area contributed by atoms with Crippen LogP contribution < -0.4 is 6.15 Å². The maximum Gasteiger partial charge on any atom is 0.327 e. The van der Waals surface area contributed by atoms with Crippen molar-refractivity contribution in [3.63, 3.8) is 0 Å². The quantitative estimate of drug-likeness (QED) is 0.393. The molecule has 0 atom stereocenters. The highest BCUT2D eigenvalue weighted by Gasteiger charge is 1.94. The van der Waals surface area contributed by atoms with Gasteiger partial charge in [-0.2, -0.15) is 0 Å². The topological polar surface area (TPSA) is 105 Å². The second kappa shape index (κ2) is 7.23. The molecule has 0 spiro atoms. The van der Waals surface area contributed by atoms with E-state index < -0.39 is 8.60 Å². The van der Waals surface area contributed by atoms with Gasteiger partial charge in [-0.15, -0.1) is 0 Å². The highest BCUT2D eigenvalue weighted by atomic mass is 31.2. The molecular weight excluding hydrogens is 133 g/mol. The van der Waals surface area contributed by atoms with Crippen molar-refractivity contribution in [1.29, 1.82) is 0 Å². The lowest BCUT2D eigenvalue weighted by Crippen LogP contribution is -1.92. The fourth-order valence-electron chi connectivity index (χ4n) is 0.122. The van der Waals surface area contributed by atoms with Crippen LogP contribution in [0.15, 0.2) is 0 Å². The molecule has 0 heterocycles. The van der Waals surface area contributed by atoms with Crippen molar-refractivity contribution in [3.05, 3.63) is 0 Å². The largest absolute Gasteiger partial charge is 0.394 e. The summed E-state index contributed by atoms with van der Waals surface area (Å²) in [5.74, 6) is 0. The smallest absolute Gasteiger partial charge is 0.327 e. The van der Waals surface area contributed by atoms with Crippen LogP contribution in [0.25, 0.3) is 0 Å². The SMILES string of the molecule is N.OCCOP(O)O. The standard InChI is InChI=1S/C2H7O4P.H3N/c3-1-2-6-7(4)5;/h3-5H,1-2H2;1H3. The molecule has 6 N–H and O–H groups in total. The predicted octanol–water partition coefficient (Wildman–Crippen LogP) is -0.631. The molecule has 0 aromatic carbocycles. The van der Waals surface area contributed by atoms with Crippen molar-refractivity contribution in [2.24, 2.45) is 0 Å². The Labute approximate surface area is 48.5 Å². The Bertz CT molecular complexity index is 43.0. The zero-order chi connectivity index (χ0) is 5.70. The van der Waals surface area contributed by atoms with Gasteiger partial charge in [0, 0.05) is 0 Å². The second-order valence-electron chi connectivity index (χ2n) is 0.810. The van der Waals surface area contributed by atoms with Gasteiger partial charge in [-0.25, -0.2) is 0 Å². The van der Waals surface area contributed by atoms with Crippen molar-refractivity contribution in [3.8, 4) is 0 Å². The van der Waals surface area contributed by atoms with Crippen LogP contribution in [0.2, 0.25) is 0 Å². The first-order chi connectivity index (χ1) is 3.27. The Morgan fingerprint density at radius 1 is 1.38 bits per heavy atom. The summed E-state index contributed by atoms with van der Waals surface area (Å²) < 4.78 is 4.12. The first-order valence-electron chi connectivity index (χ1n) is 1.69. The minimum absolute atomic E-state index is 0. The molecule has 0 unspecified atom stereocenters. The predicted molar refractivity (Wildman–Crippen MR) is 29.4 cm³/mol. The molecule has 0 amide bonds. The lowest BCUT2D eigenvalue weighted by atomic mass is 10.8. The van der Waals surface area contributed by atoms with E-state index in [-0.39, 0.29) is 19.4 Å². The summed E-state index contributed by atoms with van der Waals surface area (Å²) in [7, 11) is -2.27. The van der Waals surface area contributed by atoms with Crippen molar-refractivity contribution in [2.75, 3.05) is 13.2 Å². The van der Waals surface area contributed by atoms with Gasteiger partial charge in [-0.3, -0.25) is 0 Å². The summed E-state index contributed by atoms with van der Waals surface area (Å²) in [6, 6.07) is 0. The van der Waals surface area contributed by atoms with E-state index in [4.69, 9.17) is 14.9 Å². The Hall–Kier alpha value is 0.230. The fraction of sp³-hybridized carbons (Fsp3) is 1.00. The third kappa shape index (κ3) is 9.52. The van der Waals surface area contributed by atoms with Gasteiger partial charge in [-0.05, 0) is 0 Å². The zero-order valence-corrected chi connectivity index (χ0v) is 5.21. The molecule has 0 rings (SSSR count). The third-order valence-corrected chi connectivity index (χ3v) is 0.712. The maximum absolute atomic E-state index is 7.98. The Balaban J connectivity index is 0. The molecule has 0 aromatic rings. The molecule has 0 saturated carbocycles. The molecule has 6 heteroatoms. The van der Waals surface area contributed by atoms with Crippen molar-refractivity contribution in [2.45, 2.75) is 0 Å². The van der Waals surface area contributed by atoms with Crippen LogP contribution in [-0.2, 0) is 4.52 Å². The van der Waals surface area contributed by atoms with E-state index in [1.165, 1.54) is 0 Å². The van der Waals surface area contributed by atoms with Crippen LogP contribution in [0.4, 0.5) is 0 Å². The minimum atomic E-state index is -2.27. The van der Waals surface area contributed by atoms with Gasteiger partial charge in [-0.1, -0.05) is 0 Å². The van der Waals surface area contributed by atoms with E-state index in [0.717, 1.165) is 0 Å². The average molecular weight is 143 g/mol. The highest BCUT2D eigenvalue weighted by molar-refractivity contribution is 7.39. The molecule has 0 saturated heterocycles. The Morgan fingerprint density at radius 2 is 1.88 bits per heavy atom. The average Bonchev–Trinajstić information content (AvgIpc) is 1.61. The Morgan fingerprint density at radius 3 is 2.00 bits per heavy atom. The molecule has 0 radical (unpaired) electrons. The Kier molecular flexibility index (Phi) is 10.0. The van der Waals surface area contributed by atoms with Crippen molar-refractivity contribution in [1.82, 2.24) is 6.15 Å². The summed E-state index contributed by atoms with van der Waals surface area (Å²) >= 11 is 0. The van der Waals surface area contributed by atoms with E-state index in [0.29, 0.717) is 0 Å². The maximum atomic E-state index is 7.98. The molecule has 8 heavy (non-hydrogen) atoms. The molecule has 0 bridgehead atoms. The molecule has 0 aliphatic rings. The molecule has 0 fully saturated rings. The van der Waals surface area contributed by atoms with Gasteiger partial charge >= 0.3 is 8.60 Å². The molecule has 0 aromatic heterocycles. The van der Waals surface area contributed by atoms with E-state index in [2.05, 4.69) is 4.52 Å². The normalized spacial score (nSPS) is 9.00. The number of aliphatic hydroxyl groups is 1. The van der Waals surface area contributed by atoms with Gasteiger partial charge in [0.05, 0.1) is 13.2 Å². The van der Waals surface area contributed by atoms with E-state index in [1.54, 1.807) is 0 Å². The number of hydrogen-bond acceptors (Lipinski definition) is 5. The zero-order valence-electron chi connectivity index (χ0n) is 4.32. The first kappa shape index (κ1) is 11.1. The summed E-state index contributed by atoms with van der Waals surface area (Å²) in [6.45, 7) is -0.196. The van der Waals surface area contributed by atoms with E-state index in [1.807, 2.05) is 0 Å². The van der Waals surface area contributed by atoms with Crippen LogP contribution in [0.5, 0.6) is 0 Å². The van der Waals surface area contributed by atoms with Crippen LogP contribution in [-0.4, -0.2) is 28.1 Å².